The summed E-state index contributed by atoms with van der Waals surface area (Å²) in [5.74, 6) is 0.374. The molecule has 28 heavy (non-hydrogen) atoms. The minimum Gasteiger partial charge on any atom is -0.466 e. The van der Waals surface area contributed by atoms with Crippen LogP contribution >= 0.6 is 23.4 Å². The minimum atomic E-state index is -0.297. The second-order valence-corrected chi connectivity index (χ2v) is 7.85. The topological polar surface area (TPSA) is 44.1 Å². The average Bonchev–Trinajstić information content (AvgIpc) is 3.00. The van der Waals surface area contributed by atoms with Gasteiger partial charge in [-0.25, -0.2) is 9.37 Å². The monoisotopic (exact) mass is 420 g/mol. The van der Waals surface area contributed by atoms with Crippen molar-refractivity contribution in [2.45, 2.75) is 37.9 Å². The molecule has 1 aromatic heterocycles. The van der Waals surface area contributed by atoms with Crippen LogP contribution in [0.5, 0.6) is 0 Å². The molecule has 0 aliphatic heterocycles. The Bertz CT molecular complexity index is 943. The average molecular weight is 421 g/mol. The summed E-state index contributed by atoms with van der Waals surface area (Å²) in [5.41, 5.74) is 2.63. The van der Waals surface area contributed by atoms with E-state index in [0.717, 1.165) is 34.8 Å². The van der Waals surface area contributed by atoms with Gasteiger partial charge in [0.25, 0.3) is 0 Å². The first kappa shape index (κ1) is 20.7. The summed E-state index contributed by atoms with van der Waals surface area (Å²) < 4.78 is 20.7. The molecule has 0 unspecified atom stereocenters. The number of ether oxygens (including phenoxy) is 1. The van der Waals surface area contributed by atoms with E-state index in [9.17, 15) is 9.18 Å². The lowest BCUT2D eigenvalue weighted by Crippen LogP contribution is -2.04. The van der Waals surface area contributed by atoms with E-state index >= 15 is 0 Å². The maximum Gasteiger partial charge on any atom is 0.305 e. The van der Waals surface area contributed by atoms with E-state index < -0.39 is 0 Å². The molecule has 0 radical (unpaired) electrons. The second-order valence-electron chi connectivity index (χ2n) is 6.35. The highest BCUT2D eigenvalue weighted by Crippen LogP contribution is 2.27. The first-order valence-electron chi connectivity index (χ1n) is 9.25. The predicted molar refractivity (Wildman–Crippen MR) is 111 cm³/mol. The van der Waals surface area contributed by atoms with Gasteiger partial charge >= 0.3 is 5.97 Å². The van der Waals surface area contributed by atoms with Gasteiger partial charge in [0.15, 0.2) is 5.16 Å². The normalized spacial score (nSPS) is 11.1. The number of esters is 1. The maximum absolute atomic E-state index is 13.6. The first-order chi connectivity index (χ1) is 13.6. The lowest BCUT2D eigenvalue weighted by Gasteiger charge is -2.09. The zero-order chi connectivity index (χ0) is 19.9. The molecule has 0 bridgehead atoms. The van der Waals surface area contributed by atoms with E-state index in [4.69, 9.17) is 16.3 Å². The number of carbonyl (C=O) groups is 1. The van der Waals surface area contributed by atoms with Gasteiger partial charge in [-0.15, -0.1) is 0 Å². The molecule has 0 spiro atoms. The fourth-order valence-corrected chi connectivity index (χ4v) is 4.02. The van der Waals surface area contributed by atoms with E-state index in [1.54, 1.807) is 17.8 Å². The lowest BCUT2D eigenvalue weighted by molar-refractivity contribution is -0.143. The highest BCUT2D eigenvalue weighted by atomic mass is 35.5. The van der Waals surface area contributed by atoms with Crippen LogP contribution in [-0.2, 0) is 16.1 Å². The number of rotatable bonds is 9. The van der Waals surface area contributed by atoms with Crippen LogP contribution < -0.4 is 0 Å². The number of nitrogens with zero attached hydrogens (tertiary/aromatic N) is 2. The number of carbonyl (C=O) groups excluding carboxylic acids is 1. The van der Waals surface area contributed by atoms with Crippen molar-refractivity contribution < 1.29 is 13.9 Å². The van der Waals surface area contributed by atoms with Gasteiger partial charge in [-0.3, -0.25) is 4.79 Å². The molecule has 0 fully saturated rings. The first-order valence-corrected chi connectivity index (χ1v) is 10.6. The molecule has 4 nitrogen and oxygen atoms in total. The molecule has 3 rings (SSSR count). The predicted octanol–water partition coefficient (Wildman–Crippen LogP) is 5.70. The molecule has 0 N–H and O–H groups in total. The Morgan fingerprint density at radius 3 is 2.75 bits per heavy atom. The number of benzene rings is 2. The van der Waals surface area contributed by atoms with E-state index in [0.29, 0.717) is 30.1 Å². The summed E-state index contributed by atoms with van der Waals surface area (Å²) in [6.45, 7) is 2.85. The largest absolute Gasteiger partial charge is 0.466 e. The van der Waals surface area contributed by atoms with E-state index in [1.165, 1.54) is 12.1 Å². The highest BCUT2D eigenvalue weighted by molar-refractivity contribution is 7.99. The zero-order valence-electron chi connectivity index (χ0n) is 15.7. The lowest BCUT2D eigenvalue weighted by atomic mass is 10.2. The number of hydrogen-bond acceptors (Lipinski definition) is 4. The Kier molecular flexibility index (Phi) is 7.34. The summed E-state index contributed by atoms with van der Waals surface area (Å²) >= 11 is 7.60. The minimum absolute atomic E-state index is 0.155. The number of thioether (sulfide) groups is 1. The molecule has 0 saturated carbocycles. The number of imidazole rings is 1. The summed E-state index contributed by atoms with van der Waals surface area (Å²) in [7, 11) is 0. The quantitative estimate of drug-likeness (QED) is 0.253. The van der Waals surface area contributed by atoms with Gasteiger partial charge in [0, 0.05) is 23.3 Å². The number of hydrogen-bond donors (Lipinski definition) is 0. The van der Waals surface area contributed by atoms with E-state index in [2.05, 4.69) is 9.55 Å². The van der Waals surface area contributed by atoms with Crippen molar-refractivity contribution in [1.82, 2.24) is 9.55 Å². The third-order valence-corrected chi connectivity index (χ3v) is 5.56. The van der Waals surface area contributed by atoms with Crippen LogP contribution in [0.4, 0.5) is 4.39 Å². The van der Waals surface area contributed by atoms with Crippen molar-refractivity contribution in [1.29, 1.82) is 0 Å². The van der Waals surface area contributed by atoms with Crippen LogP contribution in [0.25, 0.3) is 11.0 Å². The standard InChI is InChI=1S/C21H22ClFN2O2S/c1-2-27-20(26)5-3-4-12-28-21-24-18-13-17(23)10-11-19(18)25(21)14-15-6-8-16(22)9-7-15/h6-11,13H,2-5,12,14H2,1H3. The molecular weight excluding hydrogens is 399 g/mol. The van der Waals surface area contributed by atoms with Crippen LogP contribution in [0.2, 0.25) is 5.02 Å². The van der Waals surface area contributed by atoms with Crippen molar-refractivity contribution in [3.05, 3.63) is 58.9 Å². The molecule has 0 saturated heterocycles. The van der Waals surface area contributed by atoms with Crippen LogP contribution in [0.3, 0.4) is 0 Å². The Morgan fingerprint density at radius 2 is 2.00 bits per heavy atom. The van der Waals surface area contributed by atoms with Gasteiger partial charge < -0.3 is 9.30 Å². The van der Waals surface area contributed by atoms with Crippen molar-refractivity contribution in [2.24, 2.45) is 0 Å². The van der Waals surface area contributed by atoms with Crippen LogP contribution in [0.15, 0.2) is 47.6 Å². The van der Waals surface area contributed by atoms with E-state index in [1.807, 2.05) is 31.2 Å². The van der Waals surface area contributed by atoms with Gasteiger partial charge in [0.05, 0.1) is 24.2 Å². The third kappa shape index (κ3) is 5.49. The molecule has 0 aliphatic carbocycles. The van der Waals surface area contributed by atoms with Crippen molar-refractivity contribution in [3.63, 3.8) is 0 Å². The van der Waals surface area contributed by atoms with Crippen molar-refractivity contribution in [3.8, 4) is 0 Å². The fraction of sp³-hybridized carbons (Fsp3) is 0.333. The highest BCUT2D eigenvalue weighted by Gasteiger charge is 2.13. The number of aromatic nitrogens is 2. The molecule has 1 heterocycles. The smallest absolute Gasteiger partial charge is 0.305 e. The van der Waals surface area contributed by atoms with Crippen LogP contribution in [-0.4, -0.2) is 27.9 Å². The van der Waals surface area contributed by atoms with Crippen LogP contribution in [0, 0.1) is 5.82 Å². The van der Waals surface area contributed by atoms with Crippen LogP contribution in [0.1, 0.15) is 31.7 Å². The summed E-state index contributed by atoms with van der Waals surface area (Å²) in [6, 6.07) is 12.3. The van der Waals surface area contributed by atoms with Gasteiger partial charge in [0.1, 0.15) is 5.82 Å². The van der Waals surface area contributed by atoms with Crippen molar-refractivity contribution in [2.75, 3.05) is 12.4 Å². The Morgan fingerprint density at radius 1 is 1.21 bits per heavy atom. The summed E-state index contributed by atoms with van der Waals surface area (Å²) in [5, 5.41) is 1.53. The molecule has 0 amide bonds. The zero-order valence-corrected chi connectivity index (χ0v) is 17.2. The fourth-order valence-electron chi connectivity index (χ4n) is 2.88. The van der Waals surface area contributed by atoms with Gasteiger partial charge in [0.2, 0.25) is 0 Å². The number of fused-ring (bicyclic) bond motifs is 1. The molecule has 148 valence electrons. The molecule has 0 atom stereocenters. The Balaban J connectivity index is 1.71. The molecule has 3 aromatic rings. The Hall–Kier alpha value is -2.05. The summed E-state index contributed by atoms with van der Waals surface area (Å²) in [6.07, 6.45) is 2.08. The number of unbranched alkanes of at least 4 members (excludes halogenated alkanes) is 1. The van der Waals surface area contributed by atoms with E-state index in [-0.39, 0.29) is 11.8 Å². The van der Waals surface area contributed by atoms with Gasteiger partial charge in [-0.1, -0.05) is 35.5 Å². The van der Waals surface area contributed by atoms with Gasteiger partial charge in [-0.05, 0) is 49.6 Å². The SMILES string of the molecule is CCOC(=O)CCCCSc1nc2cc(F)ccc2n1Cc1ccc(Cl)cc1. The maximum atomic E-state index is 13.6. The van der Waals surface area contributed by atoms with Crippen molar-refractivity contribution >= 4 is 40.4 Å². The second kappa shape index (κ2) is 9.94. The van der Waals surface area contributed by atoms with Gasteiger partial charge in [-0.2, -0.15) is 0 Å². The number of halogens is 2. The molecule has 2 aromatic carbocycles. The molecular formula is C21H22ClFN2O2S. The summed E-state index contributed by atoms with van der Waals surface area (Å²) in [4.78, 5) is 16.0. The third-order valence-electron chi connectivity index (χ3n) is 4.24. The molecule has 7 heteroatoms. The Labute approximate surface area is 173 Å². The molecule has 0 aliphatic rings.